The Morgan fingerprint density at radius 3 is 2.30 bits per heavy atom. The zero-order valence-corrected chi connectivity index (χ0v) is 21.0. The summed E-state index contributed by atoms with van der Waals surface area (Å²) < 4.78 is 57.8. The summed E-state index contributed by atoms with van der Waals surface area (Å²) in [7, 11) is -17.1. The first kappa shape index (κ1) is 30.4. The van der Waals surface area contributed by atoms with Crippen molar-refractivity contribution in [3.63, 3.8) is 0 Å². The number of nitrogens with two attached hydrogens (primary N) is 1. The van der Waals surface area contributed by atoms with Crippen LogP contribution in [0.2, 0.25) is 0 Å². The summed E-state index contributed by atoms with van der Waals surface area (Å²) in [4.78, 5) is 52.2. The van der Waals surface area contributed by atoms with Crippen LogP contribution in [0.15, 0.2) is 17.1 Å². The maximum Gasteiger partial charge on any atom is 0.490 e. The van der Waals surface area contributed by atoms with Gasteiger partial charge in [0, 0.05) is 12.6 Å². The van der Waals surface area contributed by atoms with Gasteiger partial charge in [-0.25, -0.2) is 18.5 Å². The number of hydrogen-bond donors (Lipinski definition) is 9. The van der Waals surface area contributed by atoms with Gasteiger partial charge in [-0.05, 0) is 6.07 Å². The fourth-order valence-corrected chi connectivity index (χ4v) is 6.93. The van der Waals surface area contributed by atoms with Crippen molar-refractivity contribution in [1.29, 1.82) is 0 Å². The van der Waals surface area contributed by atoms with E-state index in [4.69, 9.17) is 25.0 Å². The molecule has 0 aliphatic carbocycles. The molecule has 0 aromatic carbocycles. The van der Waals surface area contributed by atoms with Gasteiger partial charge in [0.2, 0.25) is 5.72 Å². The van der Waals surface area contributed by atoms with E-state index in [2.05, 4.69) is 18.1 Å². The molecule has 0 radical (unpaired) electrons. The molecule has 0 saturated carbocycles. The number of nitrogens with zero attached hydrogens (tertiary/aromatic N) is 2. The van der Waals surface area contributed by atoms with Gasteiger partial charge in [-0.2, -0.15) is 13.6 Å². The van der Waals surface area contributed by atoms with E-state index in [1.165, 1.54) is 0 Å². The fraction of sp³-hybridized carbons (Fsp3) is 0.714. The van der Waals surface area contributed by atoms with E-state index in [0.717, 1.165) is 12.3 Å². The molecule has 3 heterocycles. The standard InChI is InChI=1S/C14H24N3O17P3/c15-10-1-2-17(13(22)16-10)14(9-3-6(19)7(4-18)31-9)12(21)11(20)8(32-14)5-30-36(26,27)34-37(28,29)33-35(23,24)25/h1-2,6-9,11-12,18-21H,3-5H2,(H,26,27)(H,28,29)(H2,15,16,22)(H2,23,24,25)/t6-,7+,8+,9?,11+,12+,14+/m0/s1. The lowest BCUT2D eigenvalue weighted by Gasteiger charge is -2.38. The first-order valence-corrected chi connectivity index (χ1v) is 14.6. The van der Waals surface area contributed by atoms with Gasteiger partial charge in [0.25, 0.3) is 0 Å². The van der Waals surface area contributed by atoms with Gasteiger partial charge >= 0.3 is 29.2 Å². The largest absolute Gasteiger partial charge is 0.490 e. The Hall–Kier alpha value is -1.15. The summed E-state index contributed by atoms with van der Waals surface area (Å²) in [6.07, 6.45) is -9.10. The van der Waals surface area contributed by atoms with Crippen molar-refractivity contribution in [2.75, 3.05) is 18.9 Å². The molecule has 2 aliphatic rings. The third-order valence-corrected chi connectivity index (χ3v) is 9.16. The number of hydrogen-bond acceptors (Lipinski definition) is 15. The minimum Gasteiger partial charge on any atom is -0.394 e. The molecule has 2 aliphatic heterocycles. The van der Waals surface area contributed by atoms with E-state index in [9.17, 15) is 48.7 Å². The zero-order valence-electron chi connectivity index (χ0n) is 18.3. The minimum atomic E-state index is -5.83. The highest BCUT2D eigenvalue weighted by atomic mass is 31.3. The molecule has 3 rings (SSSR count). The summed E-state index contributed by atoms with van der Waals surface area (Å²) in [5, 5.41) is 41.1. The molecule has 10 N–H and O–H groups in total. The Balaban J connectivity index is 1.89. The van der Waals surface area contributed by atoms with E-state index in [1.54, 1.807) is 0 Å². The van der Waals surface area contributed by atoms with Crippen molar-refractivity contribution < 1.29 is 76.3 Å². The summed E-state index contributed by atoms with van der Waals surface area (Å²) >= 11 is 0. The number of aliphatic hydroxyl groups is 4. The van der Waals surface area contributed by atoms with E-state index >= 15 is 0 Å². The van der Waals surface area contributed by atoms with Crippen LogP contribution in [-0.2, 0) is 42.0 Å². The molecule has 0 bridgehead atoms. The van der Waals surface area contributed by atoms with Crippen LogP contribution in [0.1, 0.15) is 6.42 Å². The van der Waals surface area contributed by atoms with Gasteiger partial charge in [0.05, 0.1) is 19.3 Å². The van der Waals surface area contributed by atoms with Crippen LogP contribution in [-0.4, -0.2) is 99.4 Å². The van der Waals surface area contributed by atoms with Gasteiger partial charge in [-0.3, -0.25) is 9.09 Å². The zero-order chi connectivity index (χ0) is 28.0. The lowest BCUT2D eigenvalue weighted by Crippen LogP contribution is -2.58. The molecule has 37 heavy (non-hydrogen) atoms. The predicted octanol–water partition coefficient (Wildman–Crippen LogP) is -3.55. The van der Waals surface area contributed by atoms with Gasteiger partial charge in [0.15, 0.2) is 0 Å². The molecule has 2 fully saturated rings. The van der Waals surface area contributed by atoms with E-state index in [-0.39, 0.29) is 12.2 Å². The fourth-order valence-electron chi connectivity index (χ4n) is 3.90. The molecule has 1 aromatic rings. The van der Waals surface area contributed by atoms with Crippen LogP contribution in [0.5, 0.6) is 0 Å². The minimum absolute atomic E-state index is 0.228. The van der Waals surface area contributed by atoms with Gasteiger partial charge in [-0.1, -0.05) is 0 Å². The number of nitrogen functional groups attached to an aromatic ring is 1. The third-order valence-electron chi connectivity index (χ3n) is 5.35. The number of anilines is 1. The second-order valence-corrected chi connectivity index (χ2v) is 12.3. The summed E-state index contributed by atoms with van der Waals surface area (Å²) in [6, 6.07) is 1.12. The van der Waals surface area contributed by atoms with E-state index in [0.29, 0.717) is 4.57 Å². The highest BCUT2D eigenvalue weighted by Gasteiger charge is 2.63. The molecule has 212 valence electrons. The Labute approximate surface area is 206 Å². The Kier molecular flexibility index (Phi) is 8.86. The average Bonchev–Trinajstić information content (AvgIpc) is 3.22. The van der Waals surface area contributed by atoms with E-state index in [1.807, 2.05) is 0 Å². The molecule has 1 aromatic heterocycles. The molecule has 20 nitrogen and oxygen atoms in total. The third kappa shape index (κ3) is 6.71. The number of phosphoric ester groups is 1. The monoisotopic (exact) mass is 599 g/mol. The van der Waals surface area contributed by atoms with Gasteiger partial charge < -0.3 is 55.2 Å². The Morgan fingerprint density at radius 1 is 1.11 bits per heavy atom. The van der Waals surface area contributed by atoms with Crippen LogP contribution in [0.3, 0.4) is 0 Å². The van der Waals surface area contributed by atoms with E-state index < -0.39 is 84.7 Å². The van der Waals surface area contributed by atoms with Crippen molar-refractivity contribution >= 4 is 29.3 Å². The highest BCUT2D eigenvalue weighted by Crippen LogP contribution is 2.66. The van der Waals surface area contributed by atoms with Gasteiger partial charge in [0.1, 0.15) is 36.3 Å². The molecular formula is C14H24N3O17P3. The van der Waals surface area contributed by atoms with Crippen LogP contribution in [0.25, 0.3) is 0 Å². The summed E-state index contributed by atoms with van der Waals surface area (Å²) in [5.74, 6) is -0.228. The molecule has 23 heteroatoms. The van der Waals surface area contributed by atoms with Crippen molar-refractivity contribution in [3.8, 4) is 0 Å². The Morgan fingerprint density at radius 2 is 1.76 bits per heavy atom. The molecular weight excluding hydrogens is 575 g/mol. The number of aromatic nitrogens is 2. The summed E-state index contributed by atoms with van der Waals surface area (Å²) in [6.45, 7) is -1.85. The van der Waals surface area contributed by atoms with Crippen LogP contribution in [0, 0.1) is 0 Å². The predicted molar refractivity (Wildman–Crippen MR) is 114 cm³/mol. The second kappa shape index (κ2) is 10.8. The van der Waals surface area contributed by atoms with Crippen LogP contribution >= 0.6 is 23.5 Å². The van der Waals surface area contributed by atoms with Crippen LogP contribution < -0.4 is 11.4 Å². The quantitative estimate of drug-likeness (QED) is 0.118. The normalized spacial score (nSPS) is 35.8. The van der Waals surface area contributed by atoms with Crippen molar-refractivity contribution in [3.05, 3.63) is 22.7 Å². The maximum atomic E-state index is 12.6. The molecule has 9 atom stereocenters. The maximum absolute atomic E-state index is 12.6. The first-order valence-electron chi connectivity index (χ1n) is 10.0. The van der Waals surface area contributed by atoms with Crippen molar-refractivity contribution in [2.45, 2.75) is 48.8 Å². The topological polar surface area (TPSA) is 320 Å². The number of ether oxygens (including phenoxy) is 2. The second-order valence-electron chi connectivity index (χ2n) is 7.88. The smallest absolute Gasteiger partial charge is 0.394 e. The van der Waals surface area contributed by atoms with Crippen molar-refractivity contribution in [1.82, 2.24) is 9.55 Å². The molecule has 0 spiro atoms. The average molecular weight is 599 g/mol. The highest BCUT2D eigenvalue weighted by molar-refractivity contribution is 7.66. The lowest BCUT2D eigenvalue weighted by molar-refractivity contribution is -0.220. The molecule has 0 amide bonds. The molecule has 2 saturated heterocycles. The van der Waals surface area contributed by atoms with Crippen LogP contribution in [0.4, 0.5) is 5.82 Å². The number of aliphatic hydroxyl groups excluding tert-OH is 4. The number of rotatable bonds is 10. The molecule has 3 unspecified atom stereocenters. The first-order chi connectivity index (χ1) is 16.9. The summed E-state index contributed by atoms with van der Waals surface area (Å²) in [5.41, 5.74) is 2.01. The number of phosphoric acid groups is 3. The Bertz CT molecular complexity index is 1190. The lowest BCUT2D eigenvalue weighted by atomic mass is 9.94. The van der Waals surface area contributed by atoms with Gasteiger partial charge in [-0.15, -0.1) is 0 Å². The van der Waals surface area contributed by atoms with Crippen molar-refractivity contribution in [2.24, 2.45) is 0 Å². The SMILES string of the molecule is Nc1ccn([C@]2(C3C[C@H](O)[C@@H](CO)O3)O[C@H](COP(=O)(O)OP(=O)(O)OP(=O)(O)O)[C@@H](O)[C@H]2O)c(=O)n1.